The van der Waals surface area contributed by atoms with Gasteiger partial charge < -0.3 is 9.32 Å². The Morgan fingerprint density at radius 2 is 0.881 bits per heavy atom. The van der Waals surface area contributed by atoms with Crippen molar-refractivity contribution in [2.75, 3.05) is 4.90 Å². The summed E-state index contributed by atoms with van der Waals surface area (Å²) in [7, 11) is 0. The summed E-state index contributed by atoms with van der Waals surface area (Å²) in [6, 6.07) is 77.6. The number of hydrogen-bond donors (Lipinski definition) is 0. The first-order valence-corrected chi connectivity index (χ1v) is 20.7. The van der Waals surface area contributed by atoms with E-state index in [-0.39, 0.29) is 0 Å². The molecule has 0 fully saturated rings. The third kappa shape index (κ3) is 6.37. The van der Waals surface area contributed by atoms with Crippen LogP contribution in [0.3, 0.4) is 0 Å². The molecule has 0 amide bonds. The lowest BCUT2D eigenvalue weighted by molar-refractivity contribution is 0.621. The molecule has 4 heteroatoms. The molecule has 2 heterocycles. The molecule has 0 saturated heterocycles. The maximum atomic E-state index is 6.85. The van der Waals surface area contributed by atoms with Gasteiger partial charge in [0.2, 0.25) is 5.89 Å². The lowest BCUT2D eigenvalue weighted by Crippen LogP contribution is -2.10. The number of thiophene rings is 1. The largest absolute Gasteiger partial charge is 0.435 e. The van der Waals surface area contributed by atoms with E-state index in [1.807, 2.05) is 18.2 Å². The van der Waals surface area contributed by atoms with Crippen LogP contribution in [-0.2, 0) is 0 Å². The van der Waals surface area contributed by atoms with Crippen LogP contribution in [0.2, 0.25) is 0 Å². The number of aromatic nitrogens is 1. The van der Waals surface area contributed by atoms with Gasteiger partial charge in [-0.1, -0.05) is 158 Å². The van der Waals surface area contributed by atoms with Crippen molar-refractivity contribution >= 4 is 59.7 Å². The minimum Gasteiger partial charge on any atom is -0.435 e. The van der Waals surface area contributed by atoms with E-state index in [1.54, 1.807) is 11.3 Å². The van der Waals surface area contributed by atoms with Crippen molar-refractivity contribution in [3.8, 4) is 56.0 Å². The molecule has 3 nitrogen and oxygen atoms in total. The van der Waals surface area contributed by atoms with Gasteiger partial charge in [0.15, 0.2) is 5.58 Å². The molecule has 0 aliphatic carbocycles. The Balaban J connectivity index is 1.14. The summed E-state index contributed by atoms with van der Waals surface area (Å²) in [6.07, 6.45) is 0. The predicted molar refractivity (Wildman–Crippen MR) is 249 cm³/mol. The molecular formula is C55H36N2OS. The van der Waals surface area contributed by atoms with Crippen molar-refractivity contribution in [3.63, 3.8) is 0 Å². The summed E-state index contributed by atoms with van der Waals surface area (Å²) in [4.78, 5) is 7.47. The quantitative estimate of drug-likeness (QED) is 0.154. The third-order valence-electron chi connectivity index (χ3n) is 11.1. The Morgan fingerprint density at radius 3 is 1.47 bits per heavy atom. The van der Waals surface area contributed by atoms with Crippen molar-refractivity contribution in [1.29, 1.82) is 0 Å². The lowest BCUT2D eigenvalue weighted by Gasteiger charge is -2.27. The van der Waals surface area contributed by atoms with E-state index in [9.17, 15) is 0 Å². The van der Waals surface area contributed by atoms with Gasteiger partial charge in [-0.2, -0.15) is 0 Å². The highest BCUT2D eigenvalue weighted by molar-refractivity contribution is 7.26. The zero-order valence-electron chi connectivity index (χ0n) is 32.0. The zero-order valence-corrected chi connectivity index (χ0v) is 32.8. The first-order chi connectivity index (χ1) is 29.2. The molecule has 11 rings (SSSR count). The number of nitrogens with zero attached hydrogens (tertiary/aromatic N) is 2. The lowest BCUT2D eigenvalue weighted by atomic mass is 9.90. The summed E-state index contributed by atoms with van der Waals surface area (Å²) in [5.74, 6) is 0.616. The standard InChI is InChI=1S/C55H36N2OS/c1-5-15-37(16-6-1)39-25-29-43(30-26-39)57(44-31-27-40(28-32-44)38-17-7-2-8-18-38)45-33-34-46(48(35-45)41-19-9-3-10-20-41)53-52-47-23-13-14-24-50(47)59-51(52)36-49-54(53)58-55(56-49)42-21-11-4-12-22-42/h1-36H. The van der Waals surface area contributed by atoms with Crippen LogP contribution in [0.5, 0.6) is 0 Å². The van der Waals surface area contributed by atoms with Crippen LogP contribution in [0.25, 0.3) is 87.2 Å². The zero-order chi connectivity index (χ0) is 39.1. The Bertz CT molecular complexity index is 3150. The van der Waals surface area contributed by atoms with Crippen molar-refractivity contribution in [2.24, 2.45) is 0 Å². The van der Waals surface area contributed by atoms with Crippen molar-refractivity contribution in [1.82, 2.24) is 4.98 Å². The summed E-state index contributed by atoms with van der Waals surface area (Å²) in [6.45, 7) is 0. The summed E-state index contributed by atoms with van der Waals surface area (Å²) >= 11 is 1.80. The Kier molecular flexibility index (Phi) is 8.68. The minimum atomic E-state index is 0.616. The monoisotopic (exact) mass is 772 g/mol. The van der Waals surface area contributed by atoms with Crippen molar-refractivity contribution in [2.45, 2.75) is 0 Å². The average Bonchev–Trinajstić information content (AvgIpc) is 3.92. The molecule has 0 aliphatic heterocycles. The molecule has 0 saturated carbocycles. The molecule has 0 radical (unpaired) electrons. The molecule has 0 aliphatic rings. The fourth-order valence-electron chi connectivity index (χ4n) is 8.29. The first-order valence-electron chi connectivity index (χ1n) is 19.9. The topological polar surface area (TPSA) is 29.3 Å². The van der Waals surface area contributed by atoms with E-state index in [0.29, 0.717) is 5.89 Å². The SMILES string of the molecule is c1ccc(-c2ccc(N(c3ccc(-c4ccccc4)cc3)c3ccc(-c4c5oc(-c6ccccc6)nc5cc5sc6ccccc6c45)c(-c4ccccc4)c3)cc2)cc1. The molecule has 11 aromatic rings. The molecule has 0 spiro atoms. The average molecular weight is 773 g/mol. The van der Waals surface area contributed by atoms with Crippen LogP contribution in [0.4, 0.5) is 17.1 Å². The fraction of sp³-hybridized carbons (Fsp3) is 0. The Labute approximate surface area is 346 Å². The second-order valence-electron chi connectivity index (χ2n) is 14.7. The van der Waals surface area contributed by atoms with E-state index in [4.69, 9.17) is 9.40 Å². The maximum Gasteiger partial charge on any atom is 0.227 e. The van der Waals surface area contributed by atoms with Gasteiger partial charge in [-0.05, 0) is 99.6 Å². The molecular weight excluding hydrogens is 737 g/mol. The molecule has 2 aromatic heterocycles. The predicted octanol–water partition coefficient (Wildman–Crippen LogP) is 16.0. The van der Waals surface area contributed by atoms with Gasteiger partial charge in [0.1, 0.15) is 5.52 Å². The first kappa shape index (κ1) is 34.7. The number of benzene rings is 9. The minimum absolute atomic E-state index is 0.616. The molecule has 0 N–H and O–H groups in total. The van der Waals surface area contributed by atoms with Crippen LogP contribution < -0.4 is 4.90 Å². The maximum absolute atomic E-state index is 6.85. The van der Waals surface area contributed by atoms with Crippen LogP contribution in [-0.4, -0.2) is 4.98 Å². The fourth-order valence-corrected chi connectivity index (χ4v) is 9.44. The van der Waals surface area contributed by atoms with Gasteiger partial charge >= 0.3 is 0 Å². The van der Waals surface area contributed by atoms with Gasteiger partial charge in [-0.3, -0.25) is 0 Å². The van der Waals surface area contributed by atoms with Crippen molar-refractivity contribution in [3.05, 3.63) is 218 Å². The van der Waals surface area contributed by atoms with E-state index in [0.717, 1.165) is 56.0 Å². The molecule has 278 valence electrons. The highest BCUT2D eigenvalue weighted by Crippen LogP contribution is 2.49. The van der Waals surface area contributed by atoms with Crippen LogP contribution in [0.1, 0.15) is 0 Å². The van der Waals surface area contributed by atoms with Crippen LogP contribution in [0.15, 0.2) is 223 Å². The molecule has 0 unspecified atom stereocenters. The highest BCUT2D eigenvalue weighted by Gasteiger charge is 2.24. The van der Waals surface area contributed by atoms with Gasteiger partial charge in [0.25, 0.3) is 0 Å². The third-order valence-corrected chi connectivity index (χ3v) is 12.2. The Hall–Kier alpha value is -7.53. The van der Waals surface area contributed by atoms with E-state index in [2.05, 4.69) is 205 Å². The Morgan fingerprint density at radius 1 is 0.390 bits per heavy atom. The van der Waals surface area contributed by atoms with E-state index < -0.39 is 0 Å². The summed E-state index contributed by atoms with van der Waals surface area (Å²) < 4.78 is 9.27. The molecule has 0 bridgehead atoms. The summed E-state index contributed by atoms with van der Waals surface area (Å²) in [5, 5.41) is 2.40. The van der Waals surface area contributed by atoms with E-state index >= 15 is 0 Å². The number of rotatable bonds is 8. The summed E-state index contributed by atoms with van der Waals surface area (Å²) in [5.41, 5.74) is 14.9. The number of anilines is 3. The van der Waals surface area contributed by atoms with Gasteiger partial charge in [0.05, 0.1) is 0 Å². The smallest absolute Gasteiger partial charge is 0.227 e. The highest BCUT2D eigenvalue weighted by atomic mass is 32.1. The second-order valence-corrected chi connectivity index (χ2v) is 15.8. The van der Waals surface area contributed by atoms with Crippen LogP contribution in [0, 0.1) is 0 Å². The number of hydrogen-bond acceptors (Lipinski definition) is 4. The van der Waals surface area contributed by atoms with Gasteiger partial charge in [0, 0.05) is 48.4 Å². The van der Waals surface area contributed by atoms with E-state index in [1.165, 1.54) is 42.4 Å². The van der Waals surface area contributed by atoms with Crippen LogP contribution >= 0.6 is 11.3 Å². The molecule has 59 heavy (non-hydrogen) atoms. The van der Waals surface area contributed by atoms with Crippen molar-refractivity contribution < 1.29 is 4.42 Å². The molecule has 9 aromatic carbocycles. The number of fused-ring (bicyclic) bond motifs is 4. The van der Waals surface area contributed by atoms with Gasteiger partial charge in [-0.15, -0.1) is 11.3 Å². The number of oxazole rings is 1. The van der Waals surface area contributed by atoms with Gasteiger partial charge in [-0.25, -0.2) is 4.98 Å². The second kappa shape index (κ2) is 14.8. The normalized spacial score (nSPS) is 11.4. The molecule has 0 atom stereocenters.